The van der Waals surface area contributed by atoms with Gasteiger partial charge in [-0.1, -0.05) is 0 Å². The van der Waals surface area contributed by atoms with Crippen LogP contribution < -0.4 is 16.4 Å². The van der Waals surface area contributed by atoms with Crippen LogP contribution in [0.25, 0.3) is 0 Å². The van der Waals surface area contributed by atoms with Crippen molar-refractivity contribution in [1.82, 2.24) is 10.6 Å². The second kappa shape index (κ2) is 3.74. The first-order valence-corrected chi connectivity index (χ1v) is 4.52. The lowest BCUT2D eigenvalue weighted by Crippen LogP contribution is -2.51. The molecule has 1 aliphatic carbocycles. The number of halogens is 1. The van der Waals surface area contributed by atoms with Crippen molar-refractivity contribution in [3.8, 4) is 0 Å². The molecule has 0 aromatic rings. The van der Waals surface area contributed by atoms with Gasteiger partial charge in [-0.3, -0.25) is 10.1 Å². The Morgan fingerprint density at radius 2 is 1.86 bits per heavy atom. The van der Waals surface area contributed by atoms with Crippen LogP contribution in [-0.4, -0.2) is 23.5 Å². The highest BCUT2D eigenvalue weighted by molar-refractivity contribution is 6.07. The van der Waals surface area contributed by atoms with Crippen LogP contribution >= 0.6 is 12.4 Å². The maximum Gasteiger partial charge on any atom is 0.322 e. The van der Waals surface area contributed by atoms with Crippen molar-refractivity contribution in [2.75, 3.05) is 0 Å². The molecule has 2 aliphatic rings. The Kier molecular flexibility index (Phi) is 3.01. The molecule has 0 radical (unpaired) electrons. The molecule has 2 fully saturated rings. The molecule has 0 aromatic carbocycles. The lowest BCUT2D eigenvalue weighted by Gasteiger charge is -2.32. The third kappa shape index (κ3) is 1.69. The van der Waals surface area contributed by atoms with Crippen LogP contribution in [0.1, 0.15) is 25.7 Å². The highest BCUT2D eigenvalue weighted by atomic mass is 35.5. The zero-order valence-corrected chi connectivity index (χ0v) is 8.52. The van der Waals surface area contributed by atoms with Gasteiger partial charge in [0, 0.05) is 6.04 Å². The second-order valence-corrected chi connectivity index (χ2v) is 3.83. The molecule has 1 spiro atoms. The number of nitrogens with one attached hydrogen (secondary N) is 2. The Morgan fingerprint density at radius 1 is 1.29 bits per heavy atom. The van der Waals surface area contributed by atoms with Gasteiger partial charge in [-0.15, -0.1) is 12.4 Å². The summed E-state index contributed by atoms with van der Waals surface area (Å²) >= 11 is 0. The highest BCUT2D eigenvalue weighted by Crippen LogP contribution is 2.29. The standard InChI is InChI=1S/C8H13N3O2.ClH/c9-5-1-3-8(4-2-5)6(12)10-7(13)11-8;/h5H,1-4,9H2,(H2,10,11,12,13);1H. The maximum atomic E-state index is 11.4. The number of amides is 3. The fraction of sp³-hybridized carbons (Fsp3) is 0.750. The van der Waals surface area contributed by atoms with E-state index in [4.69, 9.17) is 5.73 Å². The van der Waals surface area contributed by atoms with Gasteiger partial charge < -0.3 is 11.1 Å². The number of hydrogen-bond donors (Lipinski definition) is 3. The summed E-state index contributed by atoms with van der Waals surface area (Å²) < 4.78 is 0. The Balaban J connectivity index is 0.000000980. The predicted molar refractivity (Wildman–Crippen MR) is 53.1 cm³/mol. The molecule has 5 nitrogen and oxygen atoms in total. The van der Waals surface area contributed by atoms with E-state index in [0.717, 1.165) is 12.8 Å². The molecule has 14 heavy (non-hydrogen) atoms. The summed E-state index contributed by atoms with van der Waals surface area (Å²) in [4.78, 5) is 22.4. The van der Waals surface area contributed by atoms with Gasteiger partial charge in [-0.05, 0) is 25.7 Å². The zero-order valence-electron chi connectivity index (χ0n) is 7.71. The van der Waals surface area contributed by atoms with E-state index >= 15 is 0 Å². The molecule has 0 aromatic heterocycles. The van der Waals surface area contributed by atoms with Gasteiger partial charge in [-0.2, -0.15) is 0 Å². The largest absolute Gasteiger partial charge is 0.328 e. The van der Waals surface area contributed by atoms with Crippen molar-refractivity contribution < 1.29 is 9.59 Å². The molecule has 1 heterocycles. The minimum atomic E-state index is -0.646. The minimum Gasteiger partial charge on any atom is -0.328 e. The summed E-state index contributed by atoms with van der Waals surface area (Å²) in [6, 6.07) is -0.198. The van der Waals surface area contributed by atoms with Gasteiger partial charge in [0.1, 0.15) is 5.54 Å². The Labute approximate surface area is 88.2 Å². The van der Waals surface area contributed by atoms with Gasteiger partial charge in [0.2, 0.25) is 0 Å². The van der Waals surface area contributed by atoms with Gasteiger partial charge in [-0.25, -0.2) is 4.79 Å². The first kappa shape index (κ1) is 11.3. The molecule has 0 atom stereocenters. The van der Waals surface area contributed by atoms with Crippen molar-refractivity contribution >= 4 is 24.3 Å². The SMILES string of the molecule is Cl.NC1CCC2(CC1)NC(=O)NC2=O. The smallest absolute Gasteiger partial charge is 0.322 e. The molecular formula is C8H14ClN3O2. The van der Waals surface area contributed by atoms with E-state index < -0.39 is 5.54 Å². The van der Waals surface area contributed by atoms with Gasteiger partial charge in [0.15, 0.2) is 0 Å². The van der Waals surface area contributed by atoms with Gasteiger partial charge in [0.05, 0.1) is 0 Å². The number of carbonyl (C=O) groups is 2. The van der Waals surface area contributed by atoms with E-state index in [-0.39, 0.29) is 30.4 Å². The van der Waals surface area contributed by atoms with Crippen molar-refractivity contribution in [3.05, 3.63) is 0 Å². The second-order valence-electron chi connectivity index (χ2n) is 3.83. The van der Waals surface area contributed by atoms with Crippen molar-refractivity contribution in [3.63, 3.8) is 0 Å². The third-order valence-electron chi connectivity index (χ3n) is 2.90. The minimum absolute atomic E-state index is 0. The predicted octanol–water partition coefficient (Wildman–Crippen LogP) is -0.112. The van der Waals surface area contributed by atoms with Crippen LogP contribution in [0.3, 0.4) is 0 Å². The fourth-order valence-corrected chi connectivity index (χ4v) is 2.01. The molecule has 1 saturated heterocycles. The summed E-state index contributed by atoms with van der Waals surface area (Å²) in [6.07, 6.45) is 2.92. The van der Waals surface area contributed by atoms with Gasteiger partial charge in [0.25, 0.3) is 5.91 Å². The summed E-state index contributed by atoms with van der Waals surface area (Å²) in [5.41, 5.74) is 5.08. The van der Waals surface area contributed by atoms with E-state index in [0.29, 0.717) is 12.8 Å². The normalized spacial score (nSPS) is 36.2. The molecule has 0 unspecified atom stereocenters. The van der Waals surface area contributed by atoms with E-state index in [2.05, 4.69) is 10.6 Å². The van der Waals surface area contributed by atoms with Gasteiger partial charge >= 0.3 is 6.03 Å². The molecule has 3 amide bonds. The van der Waals surface area contributed by atoms with Crippen LogP contribution in [0, 0.1) is 0 Å². The van der Waals surface area contributed by atoms with Crippen LogP contribution in [-0.2, 0) is 4.79 Å². The number of urea groups is 1. The number of carbonyl (C=O) groups excluding carboxylic acids is 2. The summed E-state index contributed by atoms with van der Waals surface area (Å²) in [7, 11) is 0. The lowest BCUT2D eigenvalue weighted by atomic mass is 9.80. The summed E-state index contributed by atoms with van der Waals surface area (Å²) in [5.74, 6) is -0.190. The first-order chi connectivity index (χ1) is 6.12. The van der Waals surface area contributed by atoms with Crippen molar-refractivity contribution in [1.29, 1.82) is 0 Å². The third-order valence-corrected chi connectivity index (χ3v) is 2.90. The molecule has 4 N–H and O–H groups in total. The average Bonchev–Trinajstić information content (AvgIpc) is 2.34. The molecule has 1 aliphatic heterocycles. The number of imide groups is 1. The quantitative estimate of drug-likeness (QED) is 0.497. The van der Waals surface area contributed by atoms with Crippen molar-refractivity contribution in [2.45, 2.75) is 37.3 Å². The zero-order chi connectivity index (χ0) is 9.47. The number of hydrogen-bond acceptors (Lipinski definition) is 3. The fourth-order valence-electron chi connectivity index (χ4n) is 2.01. The summed E-state index contributed by atoms with van der Waals surface area (Å²) in [6.45, 7) is 0. The topological polar surface area (TPSA) is 84.2 Å². The van der Waals surface area contributed by atoms with Crippen LogP contribution in [0.4, 0.5) is 4.79 Å². The molecular weight excluding hydrogens is 206 g/mol. The molecule has 2 rings (SSSR count). The Morgan fingerprint density at radius 3 is 2.29 bits per heavy atom. The van der Waals surface area contributed by atoms with E-state index in [1.165, 1.54) is 0 Å². The number of nitrogens with two attached hydrogens (primary N) is 1. The average molecular weight is 220 g/mol. The Hall–Kier alpha value is -0.810. The number of rotatable bonds is 0. The monoisotopic (exact) mass is 219 g/mol. The van der Waals surface area contributed by atoms with E-state index in [9.17, 15) is 9.59 Å². The molecule has 80 valence electrons. The summed E-state index contributed by atoms with van der Waals surface area (Å²) in [5, 5.41) is 4.95. The maximum absolute atomic E-state index is 11.4. The van der Waals surface area contributed by atoms with E-state index in [1.807, 2.05) is 0 Å². The first-order valence-electron chi connectivity index (χ1n) is 4.52. The lowest BCUT2D eigenvalue weighted by molar-refractivity contribution is -0.125. The molecule has 6 heteroatoms. The van der Waals surface area contributed by atoms with Crippen LogP contribution in [0.15, 0.2) is 0 Å². The van der Waals surface area contributed by atoms with Crippen molar-refractivity contribution in [2.24, 2.45) is 5.73 Å². The Bertz CT molecular complexity index is 261. The van der Waals surface area contributed by atoms with Crippen LogP contribution in [0.2, 0.25) is 0 Å². The molecule has 1 saturated carbocycles. The van der Waals surface area contributed by atoms with Crippen LogP contribution in [0.5, 0.6) is 0 Å². The highest BCUT2D eigenvalue weighted by Gasteiger charge is 2.47. The van der Waals surface area contributed by atoms with E-state index in [1.54, 1.807) is 0 Å². The molecule has 0 bridgehead atoms.